The summed E-state index contributed by atoms with van der Waals surface area (Å²) < 4.78 is 7.32. The van der Waals surface area contributed by atoms with Gasteiger partial charge in [-0.1, -0.05) is 29.4 Å². The summed E-state index contributed by atoms with van der Waals surface area (Å²) in [6, 6.07) is 7.42. The van der Waals surface area contributed by atoms with E-state index in [9.17, 15) is 0 Å². The van der Waals surface area contributed by atoms with E-state index in [2.05, 4.69) is 4.98 Å². The molecular weight excluding hydrogens is 306 g/mol. The molecule has 0 bridgehead atoms. The highest BCUT2D eigenvalue weighted by molar-refractivity contribution is 8.06. The number of hydrogen-bond donors (Lipinski definition) is 0. The average molecular weight is 318 g/mol. The number of nitrogens with zero attached hydrogens (tertiary/aromatic N) is 3. The first-order chi connectivity index (χ1) is 10.2. The van der Waals surface area contributed by atoms with Crippen LogP contribution in [0.25, 0.3) is 0 Å². The number of halogens is 1. The summed E-state index contributed by atoms with van der Waals surface area (Å²) in [6.45, 7) is 1.91. The van der Waals surface area contributed by atoms with Gasteiger partial charge in [-0.05, 0) is 25.1 Å². The fourth-order valence-electron chi connectivity index (χ4n) is 1.85. The second-order valence-electron chi connectivity index (χ2n) is 4.28. The Kier molecular flexibility index (Phi) is 4.13. The van der Waals surface area contributed by atoms with Crippen molar-refractivity contribution in [2.24, 2.45) is 4.99 Å². The van der Waals surface area contributed by atoms with Gasteiger partial charge in [0.1, 0.15) is 12.1 Å². The number of rotatable bonds is 2. The highest BCUT2D eigenvalue weighted by Gasteiger charge is 2.16. The van der Waals surface area contributed by atoms with Crippen LogP contribution in [0.15, 0.2) is 70.3 Å². The van der Waals surface area contributed by atoms with Crippen molar-refractivity contribution in [3.63, 3.8) is 0 Å². The van der Waals surface area contributed by atoms with Crippen LogP contribution in [0.1, 0.15) is 6.92 Å². The summed E-state index contributed by atoms with van der Waals surface area (Å²) in [5.74, 6) is 1.55. The second-order valence-corrected chi connectivity index (χ2v) is 5.63. The zero-order valence-electron chi connectivity index (χ0n) is 11.2. The van der Waals surface area contributed by atoms with Gasteiger partial charge in [0.25, 0.3) is 0 Å². The van der Waals surface area contributed by atoms with Gasteiger partial charge in [0.2, 0.25) is 0 Å². The standard InChI is InChI=1S/C15H12ClN3OS/c1-11-14(21-8-7-20-11)15(19-6-5-17-10-19)18-13-4-2-3-12(16)9-13/h2-10H,1H3. The van der Waals surface area contributed by atoms with Crippen LogP contribution in [-0.2, 0) is 4.74 Å². The van der Waals surface area contributed by atoms with Crippen molar-refractivity contribution in [1.29, 1.82) is 0 Å². The van der Waals surface area contributed by atoms with E-state index in [1.807, 2.05) is 47.4 Å². The van der Waals surface area contributed by atoms with Crippen molar-refractivity contribution >= 4 is 34.9 Å². The van der Waals surface area contributed by atoms with Gasteiger partial charge < -0.3 is 4.74 Å². The summed E-state index contributed by atoms with van der Waals surface area (Å²) in [6.07, 6.45) is 6.94. The first-order valence-corrected chi connectivity index (χ1v) is 7.52. The molecule has 6 heteroatoms. The van der Waals surface area contributed by atoms with Crippen LogP contribution in [0, 0.1) is 0 Å². The lowest BCUT2D eigenvalue weighted by molar-refractivity contribution is 0.352. The van der Waals surface area contributed by atoms with E-state index in [1.54, 1.807) is 30.5 Å². The fourth-order valence-corrected chi connectivity index (χ4v) is 2.75. The molecule has 3 rings (SSSR count). The Hall–Kier alpha value is -1.98. The van der Waals surface area contributed by atoms with Gasteiger partial charge in [-0.3, -0.25) is 4.57 Å². The molecule has 2 heterocycles. The lowest BCUT2D eigenvalue weighted by Gasteiger charge is -2.16. The molecule has 1 aliphatic heterocycles. The van der Waals surface area contributed by atoms with E-state index >= 15 is 0 Å². The van der Waals surface area contributed by atoms with E-state index in [-0.39, 0.29) is 0 Å². The Balaban J connectivity index is 2.09. The summed E-state index contributed by atoms with van der Waals surface area (Å²) in [5, 5.41) is 2.53. The molecule has 106 valence electrons. The maximum absolute atomic E-state index is 6.03. The predicted octanol–water partition coefficient (Wildman–Crippen LogP) is 4.58. The minimum atomic E-state index is 0.652. The van der Waals surface area contributed by atoms with Crippen molar-refractivity contribution in [3.8, 4) is 0 Å². The minimum absolute atomic E-state index is 0.652. The molecule has 0 saturated heterocycles. The van der Waals surface area contributed by atoms with Crippen molar-refractivity contribution in [2.45, 2.75) is 6.92 Å². The average Bonchev–Trinajstić information content (AvgIpc) is 3.00. The second kappa shape index (κ2) is 6.20. The van der Waals surface area contributed by atoms with Gasteiger partial charge in [0.15, 0.2) is 5.84 Å². The van der Waals surface area contributed by atoms with Gasteiger partial charge in [-0.15, -0.1) is 0 Å². The SMILES string of the molecule is CC1=C(C(=Nc2cccc(Cl)c2)n2ccnc2)SC=CO1. The number of thioether (sulfide) groups is 1. The largest absolute Gasteiger partial charge is 0.468 e. The van der Waals surface area contributed by atoms with Crippen LogP contribution in [0.4, 0.5) is 5.69 Å². The quantitative estimate of drug-likeness (QED) is 0.601. The summed E-state index contributed by atoms with van der Waals surface area (Å²) in [7, 11) is 0. The highest BCUT2D eigenvalue weighted by atomic mass is 35.5. The monoisotopic (exact) mass is 317 g/mol. The smallest absolute Gasteiger partial charge is 0.156 e. The van der Waals surface area contributed by atoms with E-state index in [1.165, 1.54) is 0 Å². The third-order valence-corrected chi connectivity index (χ3v) is 3.99. The van der Waals surface area contributed by atoms with Gasteiger partial charge in [-0.2, -0.15) is 0 Å². The molecule has 0 aliphatic carbocycles. The third-order valence-electron chi connectivity index (χ3n) is 2.80. The molecule has 0 amide bonds. The Labute approximate surface area is 131 Å². The molecule has 2 aromatic rings. The number of aliphatic imine (C=N–C) groups is 1. The molecule has 0 atom stereocenters. The Morgan fingerprint density at radius 1 is 1.43 bits per heavy atom. The Morgan fingerprint density at radius 3 is 3.05 bits per heavy atom. The van der Waals surface area contributed by atoms with E-state index in [0.29, 0.717) is 5.02 Å². The van der Waals surface area contributed by atoms with Gasteiger partial charge in [-0.25, -0.2) is 9.98 Å². The first-order valence-electron chi connectivity index (χ1n) is 6.26. The number of hydrogen-bond acceptors (Lipinski definition) is 4. The number of imidazole rings is 1. The van der Waals surface area contributed by atoms with E-state index in [0.717, 1.165) is 22.2 Å². The molecule has 1 aromatic heterocycles. The predicted molar refractivity (Wildman–Crippen MR) is 86.7 cm³/mol. The molecule has 0 spiro atoms. The zero-order chi connectivity index (χ0) is 14.7. The van der Waals surface area contributed by atoms with E-state index in [4.69, 9.17) is 21.3 Å². The molecule has 0 unspecified atom stereocenters. The number of aromatic nitrogens is 2. The minimum Gasteiger partial charge on any atom is -0.468 e. The molecular formula is C15H12ClN3OS. The Morgan fingerprint density at radius 2 is 2.33 bits per heavy atom. The van der Waals surface area contributed by atoms with Gasteiger partial charge in [0.05, 0.1) is 16.9 Å². The van der Waals surface area contributed by atoms with Crippen molar-refractivity contribution in [1.82, 2.24) is 9.55 Å². The van der Waals surface area contributed by atoms with E-state index < -0.39 is 0 Å². The highest BCUT2D eigenvalue weighted by Crippen LogP contribution is 2.30. The molecule has 1 aliphatic rings. The van der Waals surface area contributed by atoms with Crippen molar-refractivity contribution in [2.75, 3.05) is 0 Å². The zero-order valence-corrected chi connectivity index (χ0v) is 12.8. The molecule has 4 nitrogen and oxygen atoms in total. The Bertz CT molecular complexity index is 735. The summed E-state index contributed by atoms with van der Waals surface area (Å²) >= 11 is 7.59. The lowest BCUT2D eigenvalue weighted by Crippen LogP contribution is -2.13. The molecule has 0 radical (unpaired) electrons. The summed E-state index contributed by atoms with van der Waals surface area (Å²) in [4.78, 5) is 9.73. The van der Waals surface area contributed by atoms with Crippen LogP contribution in [-0.4, -0.2) is 15.4 Å². The van der Waals surface area contributed by atoms with Crippen LogP contribution in [0.2, 0.25) is 5.02 Å². The summed E-state index contributed by atoms with van der Waals surface area (Å²) in [5.41, 5.74) is 0.779. The van der Waals surface area contributed by atoms with Crippen molar-refractivity contribution < 1.29 is 4.74 Å². The first kappa shape index (κ1) is 14.0. The fraction of sp³-hybridized carbons (Fsp3) is 0.0667. The maximum atomic E-state index is 6.03. The van der Waals surface area contributed by atoms with Gasteiger partial charge in [0, 0.05) is 22.8 Å². The molecule has 0 saturated carbocycles. The number of benzene rings is 1. The molecule has 0 fully saturated rings. The molecule has 1 aromatic carbocycles. The molecule has 21 heavy (non-hydrogen) atoms. The maximum Gasteiger partial charge on any atom is 0.156 e. The van der Waals surface area contributed by atoms with Gasteiger partial charge >= 0.3 is 0 Å². The third kappa shape index (κ3) is 3.20. The van der Waals surface area contributed by atoms with Crippen LogP contribution in [0.5, 0.6) is 0 Å². The lowest BCUT2D eigenvalue weighted by atomic mass is 10.3. The topological polar surface area (TPSA) is 39.4 Å². The molecule has 0 N–H and O–H groups in total. The normalized spacial score (nSPS) is 15.2. The van der Waals surface area contributed by atoms with Crippen molar-refractivity contribution in [3.05, 3.63) is 70.3 Å². The van der Waals surface area contributed by atoms with Crippen LogP contribution >= 0.6 is 23.4 Å². The number of ether oxygens (including phenoxy) is 1. The number of allylic oxidation sites excluding steroid dienone is 2. The van der Waals surface area contributed by atoms with Crippen LogP contribution < -0.4 is 0 Å². The van der Waals surface area contributed by atoms with Crippen LogP contribution in [0.3, 0.4) is 0 Å².